The van der Waals surface area contributed by atoms with Crippen molar-refractivity contribution in [2.75, 3.05) is 0 Å². The Morgan fingerprint density at radius 1 is 0.533 bits per heavy atom. The van der Waals surface area contributed by atoms with E-state index in [2.05, 4.69) is 140 Å². The Labute approximate surface area is 266 Å². The highest BCUT2D eigenvalue weighted by atomic mass is 14.4. The van der Waals surface area contributed by atoms with Crippen LogP contribution >= 0.6 is 0 Å². The molecule has 1 unspecified atom stereocenters. The normalized spacial score (nSPS) is 15.4. The molecule has 9 rings (SSSR count). The molecule has 0 heterocycles. The Morgan fingerprint density at radius 2 is 1.07 bits per heavy atom. The molecule has 0 fully saturated rings. The van der Waals surface area contributed by atoms with Gasteiger partial charge in [-0.2, -0.15) is 0 Å². The van der Waals surface area contributed by atoms with E-state index >= 15 is 0 Å². The van der Waals surface area contributed by atoms with Crippen LogP contribution in [0.4, 0.5) is 0 Å². The molecule has 0 spiro atoms. The maximum Gasteiger partial charge on any atom is 0.00672 e. The van der Waals surface area contributed by atoms with Gasteiger partial charge in [0.25, 0.3) is 0 Å². The van der Waals surface area contributed by atoms with E-state index in [4.69, 9.17) is 0 Å². The molecule has 0 aromatic heterocycles. The molecule has 0 radical (unpaired) electrons. The Kier molecular flexibility index (Phi) is 6.87. The van der Waals surface area contributed by atoms with E-state index in [1.165, 1.54) is 88.5 Å². The Morgan fingerprint density at radius 3 is 1.71 bits per heavy atom. The van der Waals surface area contributed by atoms with Crippen LogP contribution in [0.1, 0.15) is 57.1 Å². The zero-order chi connectivity index (χ0) is 30.5. The summed E-state index contributed by atoms with van der Waals surface area (Å²) in [6, 6.07) is 45.5. The topological polar surface area (TPSA) is 0 Å². The van der Waals surface area contributed by atoms with Gasteiger partial charge in [-0.25, -0.2) is 0 Å². The lowest BCUT2D eigenvalue weighted by Gasteiger charge is -2.23. The van der Waals surface area contributed by atoms with E-state index in [1.807, 2.05) is 13.8 Å². The maximum atomic E-state index is 2.42. The molecule has 1 atom stereocenters. The maximum absolute atomic E-state index is 2.42. The lowest BCUT2D eigenvalue weighted by Crippen LogP contribution is -2.01. The van der Waals surface area contributed by atoms with E-state index in [0.29, 0.717) is 5.92 Å². The minimum absolute atomic E-state index is 0.479. The summed E-state index contributed by atoms with van der Waals surface area (Å²) in [6.45, 7) is 6.36. The van der Waals surface area contributed by atoms with Gasteiger partial charge in [-0.1, -0.05) is 154 Å². The van der Waals surface area contributed by atoms with Crippen LogP contribution in [0.15, 0.2) is 139 Å². The first-order chi connectivity index (χ1) is 22.3. The fourth-order valence-electron chi connectivity index (χ4n) is 8.29. The van der Waals surface area contributed by atoms with Crippen molar-refractivity contribution in [3.8, 4) is 22.3 Å². The molecule has 0 amide bonds. The summed E-state index contributed by atoms with van der Waals surface area (Å²) >= 11 is 0. The zero-order valence-electron chi connectivity index (χ0n) is 26.4. The van der Waals surface area contributed by atoms with Crippen molar-refractivity contribution >= 4 is 48.7 Å². The second-order valence-corrected chi connectivity index (χ2v) is 12.1. The average Bonchev–Trinajstić information content (AvgIpc) is 3.45. The van der Waals surface area contributed by atoms with E-state index in [0.717, 1.165) is 12.8 Å². The van der Waals surface area contributed by atoms with Gasteiger partial charge >= 0.3 is 0 Å². The molecular weight excluding hydrogens is 540 g/mol. The van der Waals surface area contributed by atoms with Crippen LogP contribution in [0.3, 0.4) is 0 Å². The number of allylic oxidation sites excluding steroid dienone is 4. The molecule has 0 nitrogen and oxygen atoms in total. The summed E-state index contributed by atoms with van der Waals surface area (Å²) in [4.78, 5) is 0. The van der Waals surface area contributed by atoms with Crippen molar-refractivity contribution < 1.29 is 0 Å². The number of hydrogen-bond donors (Lipinski definition) is 0. The second kappa shape index (κ2) is 11.2. The van der Waals surface area contributed by atoms with Gasteiger partial charge in [0.1, 0.15) is 0 Å². The summed E-state index contributed by atoms with van der Waals surface area (Å²) < 4.78 is 0. The van der Waals surface area contributed by atoms with Crippen molar-refractivity contribution in [2.24, 2.45) is 0 Å². The van der Waals surface area contributed by atoms with Crippen molar-refractivity contribution in [2.45, 2.75) is 46.0 Å². The highest BCUT2D eigenvalue weighted by Crippen LogP contribution is 2.54. The molecule has 2 aliphatic carbocycles. The number of rotatable bonds is 3. The monoisotopic (exact) mass is 578 g/mol. The molecule has 2 aliphatic rings. The number of hydrogen-bond acceptors (Lipinski definition) is 0. The molecule has 45 heavy (non-hydrogen) atoms. The van der Waals surface area contributed by atoms with Gasteiger partial charge in [0, 0.05) is 5.92 Å². The van der Waals surface area contributed by atoms with E-state index in [1.54, 1.807) is 5.57 Å². The molecule has 0 aliphatic heterocycles. The van der Waals surface area contributed by atoms with E-state index in [9.17, 15) is 0 Å². The molecule has 0 bridgehead atoms. The van der Waals surface area contributed by atoms with Crippen molar-refractivity contribution in [3.63, 3.8) is 0 Å². The van der Waals surface area contributed by atoms with Crippen molar-refractivity contribution in [1.82, 2.24) is 0 Å². The largest absolute Gasteiger partial charge is 0.0836 e. The van der Waals surface area contributed by atoms with Crippen LogP contribution in [0, 0.1) is 0 Å². The Hall–Kier alpha value is -4.94. The van der Waals surface area contributed by atoms with Crippen molar-refractivity contribution in [1.29, 1.82) is 0 Å². The highest BCUT2D eigenvalue weighted by molar-refractivity contribution is 6.26. The summed E-state index contributed by atoms with van der Waals surface area (Å²) in [5.74, 6) is 0.479. The van der Waals surface area contributed by atoms with E-state index < -0.39 is 0 Å². The molecule has 7 aromatic carbocycles. The first-order valence-electron chi connectivity index (χ1n) is 16.7. The third kappa shape index (κ3) is 4.12. The van der Waals surface area contributed by atoms with Crippen LogP contribution in [-0.2, 0) is 0 Å². The third-order valence-electron chi connectivity index (χ3n) is 10.0. The molecule has 0 N–H and O–H groups in total. The molecule has 7 aromatic rings. The van der Waals surface area contributed by atoms with Crippen LogP contribution in [0.25, 0.3) is 70.9 Å². The number of benzene rings is 7. The molecule has 218 valence electrons. The third-order valence-corrected chi connectivity index (χ3v) is 10.0. The molecule has 0 saturated heterocycles. The van der Waals surface area contributed by atoms with Crippen LogP contribution in [-0.4, -0.2) is 0 Å². The average molecular weight is 579 g/mol. The fraction of sp³-hybridized carbons (Fsp3) is 0.156. The Bertz CT molecular complexity index is 2270. The predicted octanol–water partition coefficient (Wildman–Crippen LogP) is 13.3. The van der Waals surface area contributed by atoms with Gasteiger partial charge in [-0.3, -0.25) is 0 Å². The summed E-state index contributed by atoms with van der Waals surface area (Å²) in [5.41, 5.74) is 11.5. The van der Waals surface area contributed by atoms with Crippen LogP contribution < -0.4 is 0 Å². The summed E-state index contributed by atoms with van der Waals surface area (Å²) in [7, 11) is 0. The van der Waals surface area contributed by atoms with Gasteiger partial charge in [0.2, 0.25) is 0 Å². The van der Waals surface area contributed by atoms with Gasteiger partial charge in [0.15, 0.2) is 0 Å². The zero-order valence-corrected chi connectivity index (χ0v) is 26.4. The lowest BCUT2D eigenvalue weighted by molar-refractivity contribution is 0.732. The molecule has 0 saturated carbocycles. The van der Waals surface area contributed by atoms with Gasteiger partial charge in [-0.15, -0.1) is 0 Å². The van der Waals surface area contributed by atoms with Crippen molar-refractivity contribution in [3.05, 3.63) is 150 Å². The minimum Gasteiger partial charge on any atom is -0.0836 e. The quantitative estimate of drug-likeness (QED) is 0.144. The first kappa shape index (κ1) is 27.6. The summed E-state index contributed by atoms with van der Waals surface area (Å²) in [5, 5.41) is 10.5. The number of fused-ring (bicyclic) bond motifs is 7. The van der Waals surface area contributed by atoms with Gasteiger partial charge in [-0.05, 0) is 107 Å². The van der Waals surface area contributed by atoms with E-state index in [-0.39, 0.29) is 0 Å². The van der Waals surface area contributed by atoms with Gasteiger partial charge < -0.3 is 0 Å². The smallest absolute Gasteiger partial charge is 0.00672 e. The standard InChI is InChI=1S/C43H32.C2H6/c1-2-28-30-16-5-7-18-32(30)34-24-13-25-39(41(28)34)42-35-20-9-11-22-37(35)43(38-23-12-10-21-36(38)42)40-26-27-14-3-4-15-29(27)31-17-6-8-19-33(31)40;1-2/h3-4,6-15,17-26,28H,2,5,16H2,1H3;1-2H3. The highest BCUT2D eigenvalue weighted by Gasteiger charge is 2.33. The fourth-order valence-corrected chi connectivity index (χ4v) is 8.29. The first-order valence-corrected chi connectivity index (χ1v) is 16.7. The predicted molar refractivity (Wildman–Crippen MR) is 197 cm³/mol. The minimum atomic E-state index is 0.479. The SMILES string of the molecule is CC.CCC1C2=C(C=CCC2)c2cccc(-c3c4ccccc4c(-c4cc5ccccc5c5ccccc45)c4ccccc34)c21. The Balaban J connectivity index is 0.00000147. The summed E-state index contributed by atoms with van der Waals surface area (Å²) in [6.07, 6.45) is 8.21. The molecule has 0 heteroatoms. The van der Waals surface area contributed by atoms with Gasteiger partial charge in [0.05, 0.1) is 0 Å². The lowest BCUT2D eigenvalue weighted by atomic mass is 9.80. The molecular formula is C45H38. The van der Waals surface area contributed by atoms with Crippen LogP contribution in [0.5, 0.6) is 0 Å². The second-order valence-electron chi connectivity index (χ2n) is 12.1. The van der Waals surface area contributed by atoms with Crippen LogP contribution in [0.2, 0.25) is 0 Å².